The molecule has 5 aromatic rings. The SMILES string of the molecule is Cc1cc2cc(n1)-c1cnn(C)c1OC[C@H]1CC[C@H](C1)Cn1c(nc3cc(CO)c(N4CCN(C5CCN(c6cc(F)c([C@H]7CCC(=O)NC7=O)c(F)c6)CC5)CC4)cc31)NC2=O. The number of hydrogen-bond donors (Lipinski definition) is 3. The van der Waals surface area contributed by atoms with E-state index in [1.165, 1.54) is 12.1 Å². The summed E-state index contributed by atoms with van der Waals surface area (Å²) in [5, 5.41) is 20.5. The smallest absolute Gasteiger partial charge is 0.258 e. The number of pyridine rings is 1. The number of fused-ring (bicyclic) bond motifs is 9. The van der Waals surface area contributed by atoms with Gasteiger partial charge in [-0.25, -0.2) is 18.4 Å². The van der Waals surface area contributed by atoms with Gasteiger partial charge in [-0.15, -0.1) is 0 Å². The molecule has 3 N–H and O–H groups in total. The number of piperidine rings is 2. The van der Waals surface area contributed by atoms with E-state index in [0.29, 0.717) is 84.1 Å². The zero-order chi connectivity index (χ0) is 43.5. The number of rotatable bonds is 5. The number of aromatic nitrogens is 5. The maximum atomic E-state index is 15.3. The second-order valence-corrected chi connectivity index (χ2v) is 17.9. The fourth-order valence-corrected chi connectivity index (χ4v) is 10.6. The number of carbonyl (C=O) groups excluding carboxylic acids is 3. The van der Waals surface area contributed by atoms with Crippen LogP contribution in [0.4, 0.5) is 26.1 Å². The highest BCUT2D eigenvalue weighted by atomic mass is 19.1. The fourth-order valence-electron chi connectivity index (χ4n) is 10.6. The van der Waals surface area contributed by atoms with Crippen LogP contribution in [-0.4, -0.2) is 104 Å². The molecule has 0 unspecified atom stereocenters. The third-order valence-electron chi connectivity index (χ3n) is 13.9. The number of benzene rings is 2. The van der Waals surface area contributed by atoms with Crippen molar-refractivity contribution in [3.8, 4) is 17.1 Å². The number of amides is 3. The van der Waals surface area contributed by atoms with Crippen LogP contribution in [0.1, 0.15) is 78.0 Å². The summed E-state index contributed by atoms with van der Waals surface area (Å²) in [5.74, 6) is -2.13. The van der Waals surface area contributed by atoms with Crippen LogP contribution in [-0.2, 0) is 29.8 Å². The minimum Gasteiger partial charge on any atom is -0.477 e. The Bertz CT molecular complexity index is 2590. The number of aliphatic hydroxyl groups excluding tert-OH is 1. The summed E-state index contributed by atoms with van der Waals surface area (Å²) in [5.41, 5.74) is 6.01. The highest BCUT2D eigenvalue weighted by molar-refractivity contribution is 6.05. The van der Waals surface area contributed by atoms with E-state index in [1.54, 1.807) is 23.0 Å². The molecule has 5 aliphatic rings. The highest BCUT2D eigenvalue weighted by Gasteiger charge is 2.35. The molecule has 63 heavy (non-hydrogen) atoms. The number of imide groups is 1. The lowest BCUT2D eigenvalue weighted by atomic mass is 9.89. The average Bonchev–Trinajstić information content (AvgIpc) is 3.98. The van der Waals surface area contributed by atoms with Crippen LogP contribution in [0.25, 0.3) is 22.3 Å². The van der Waals surface area contributed by atoms with Crippen molar-refractivity contribution in [1.82, 2.24) is 34.5 Å². The number of nitrogens with zero attached hydrogens (tertiary/aromatic N) is 8. The molecule has 0 spiro atoms. The molecule has 15 nitrogen and oxygen atoms in total. The normalized spacial score (nSPS) is 22.6. The summed E-state index contributed by atoms with van der Waals surface area (Å²) in [7, 11) is 1.85. The molecule has 3 amide bonds. The number of hydrogen-bond acceptors (Lipinski definition) is 11. The van der Waals surface area contributed by atoms with E-state index >= 15 is 8.78 Å². The summed E-state index contributed by atoms with van der Waals surface area (Å²) >= 11 is 0. The van der Waals surface area contributed by atoms with Gasteiger partial charge in [-0.05, 0) is 93.7 Å². The topological polar surface area (TPSA) is 163 Å². The maximum Gasteiger partial charge on any atom is 0.258 e. The molecule has 7 heterocycles. The van der Waals surface area contributed by atoms with Crippen molar-refractivity contribution in [2.45, 2.75) is 77.0 Å². The van der Waals surface area contributed by atoms with E-state index in [2.05, 4.69) is 36.2 Å². The molecule has 4 fully saturated rings. The first-order valence-electron chi connectivity index (χ1n) is 22.2. The Hall–Kier alpha value is -5.94. The lowest BCUT2D eigenvalue weighted by Gasteiger charge is -2.44. The first-order chi connectivity index (χ1) is 30.5. The number of imidazole rings is 1. The van der Waals surface area contributed by atoms with E-state index in [4.69, 9.17) is 14.7 Å². The van der Waals surface area contributed by atoms with Gasteiger partial charge in [0.2, 0.25) is 23.6 Å². The van der Waals surface area contributed by atoms with Crippen LogP contribution in [0.15, 0.2) is 42.6 Å². The van der Waals surface area contributed by atoms with Gasteiger partial charge in [0.1, 0.15) is 11.6 Å². The lowest BCUT2D eigenvalue weighted by molar-refractivity contribution is -0.134. The van der Waals surface area contributed by atoms with Crippen LogP contribution in [0.2, 0.25) is 0 Å². The van der Waals surface area contributed by atoms with Gasteiger partial charge in [-0.2, -0.15) is 5.10 Å². The summed E-state index contributed by atoms with van der Waals surface area (Å²) in [6.45, 7) is 7.35. The van der Waals surface area contributed by atoms with E-state index in [1.807, 2.05) is 24.9 Å². The van der Waals surface area contributed by atoms with Gasteiger partial charge in [-0.3, -0.25) is 34.9 Å². The van der Waals surface area contributed by atoms with Gasteiger partial charge in [0, 0.05) is 99.1 Å². The molecular weight excluding hydrogens is 811 g/mol. The third kappa shape index (κ3) is 7.89. The van der Waals surface area contributed by atoms with Gasteiger partial charge in [0.15, 0.2) is 0 Å². The molecule has 0 radical (unpaired) electrons. The Kier molecular flexibility index (Phi) is 10.9. The zero-order valence-corrected chi connectivity index (χ0v) is 35.6. The summed E-state index contributed by atoms with van der Waals surface area (Å²) in [6.07, 6.45) is 6.54. The third-order valence-corrected chi connectivity index (χ3v) is 13.9. The second-order valence-electron chi connectivity index (χ2n) is 17.9. The number of aliphatic hydroxyl groups is 1. The Morgan fingerprint density at radius 3 is 2.37 bits per heavy atom. The minimum absolute atomic E-state index is 0.0471. The van der Waals surface area contributed by atoms with E-state index in [9.17, 15) is 19.5 Å². The molecule has 4 aliphatic heterocycles. The predicted octanol–water partition coefficient (Wildman–Crippen LogP) is 5.28. The number of carbonyl (C=O) groups is 3. The summed E-state index contributed by atoms with van der Waals surface area (Å²) in [4.78, 5) is 54.5. The van der Waals surface area contributed by atoms with Crippen molar-refractivity contribution in [2.24, 2.45) is 18.9 Å². The number of nitrogens with one attached hydrogen (secondary N) is 2. The van der Waals surface area contributed by atoms with Crippen LogP contribution < -0.4 is 25.2 Å². The van der Waals surface area contributed by atoms with Crippen LogP contribution in [0.3, 0.4) is 0 Å². The summed E-state index contributed by atoms with van der Waals surface area (Å²) in [6, 6.07) is 10.5. The number of aryl methyl sites for hydroxylation is 2. The lowest BCUT2D eigenvalue weighted by Crippen LogP contribution is -2.53. The molecule has 1 aliphatic carbocycles. The Morgan fingerprint density at radius 2 is 1.62 bits per heavy atom. The monoisotopic (exact) mass is 862 g/mol. The number of halogens is 2. The summed E-state index contributed by atoms with van der Waals surface area (Å²) < 4.78 is 41.0. The molecule has 2 aromatic carbocycles. The molecule has 10 rings (SSSR count). The van der Waals surface area contributed by atoms with Crippen molar-refractivity contribution in [3.05, 3.63) is 76.6 Å². The van der Waals surface area contributed by atoms with E-state index < -0.39 is 29.4 Å². The van der Waals surface area contributed by atoms with Crippen LogP contribution in [0, 0.1) is 30.4 Å². The fraction of sp³-hybridized carbons (Fsp3) is 0.478. The number of anilines is 3. The quantitative estimate of drug-likeness (QED) is 0.197. The van der Waals surface area contributed by atoms with Crippen molar-refractivity contribution in [3.63, 3.8) is 0 Å². The van der Waals surface area contributed by atoms with Gasteiger partial charge in [0.25, 0.3) is 5.91 Å². The predicted molar refractivity (Wildman–Crippen MR) is 232 cm³/mol. The average molecular weight is 863 g/mol. The van der Waals surface area contributed by atoms with Gasteiger partial charge < -0.3 is 24.2 Å². The van der Waals surface area contributed by atoms with Gasteiger partial charge >= 0.3 is 0 Å². The van der Waals surface area contributed by atoms with Crippen molar-refractivity contribution >= 4 is 46.1 Å². The maximum absolute atomic E-state index is 15.3. The Labute approximate surface area is 363 Å². The Balaban J connectivity index is 0.851. The van der Waals surface area contributed by atoms with E-state index in [-0.39, 0.29) is 30.9 Å². The van der Waals surface area contributed by atoms with Gasteiger partial charge in [0.05, 0.1) is 47.6 Å². The number of piperazine rings is 1. The van der Waals surface area contributed by atoms with Crippen molar-refractivity contribution in [2.75, 3.05) is 61.0 Å². The van der Waals surface area contributed by atoms with Crippen molar-refractivity contribution in [1.29, 1.82) is 0 Å². The second kappa shape index (κ2) is 16.6. The van der Waals surface area contributed by atoms with Crippen molar-refractivity contribution < 1.29 is 33.0 Å². The van der Waals surface area contributed by atoms with Crippen LogP contribution in [0.5, 0.6) is 5.88 Å². The molecule has 330 valence electrons. The zero-order valence-electron chi connectivity index (χ0n) is 35.6. The molecule has 1 saturated carbocycles. The highest BCUT2D eigenvalue weighted by Crippen LogP contribution is 2.39. The van der Waals surface area contributed by atoms with Gasteiger partial charge in [-0.1, -0.05) is 0 Å². The van der Waals surface area contributed by atoms with E-state index in [0.717, 1.165) is 80.6 Å². The molecule has 3 saturated heterocycles. The molecule has 4 bridgehead atoms. The Morgan fingerprint density at radius 1 is 0.857 bits per heavy atom. The molecular formula is C46H52F2N10O5. The van der Waals surface area contributed by atoms with Crippen LogP contribution >= 0.6 is 0 Å². The largest absolute Gasteiger partial charge is 0.477 e. The first kappa shape index (κ1) is 41.1. The standard InChI is InChI=1S/C46H52F2N10O5/c1-26-15-29-17-37(50-26)34-22-49-54(2)45(34)63-25-28-4-3-27(16-28)23-58-40-21-39(30(24-59)18-38(40)51-46(58)53-43(29)61)57-13-11-56(12-14-57)31-7-9-55(10-8-31)32-19-35(47)42(36(48)20-32)33-5-6-41(60)52-44(33)62/h15,17-22,27-28,31,33,59H,3-14,16,23-25H2,1-2H3,(H,51,53,61)(H,52,60,62)/t27-,28+,33-/m1/s1. The number of ether oxygens (including phenoxy) is 1. The molecule has 17 heteroatoms. The molecule has 3 atom stereocenters. The minimum atomic E-state index is -1.03. The first-order valence-corrected chi connectivity index (χ1v) is 22.2. The molecule has 3 aromatic heterocycles.